The first-order valence-electron chi connectivity index (χ1n) is 6.70. The van der Waals surface area contributed by atoms with Crippen LogP contribution >= 0.6 is 0 Å². The molecule has 2 atom stereocenters. The van der Waals surface area contributed by atoms with Crippen LogP contribution in [0, 0.1) is 19.7 Å². The molecular weight excluding hydrogens is 255 g/mol. The lowest BCUT2D eigenvalue weighted by molar-refractivity contribution is 0.171. The number of halogens is 1. The van der Waals surface area contributed by atoms with E-state index in [-0.39, 0.29) is 18.0 Å². The fourth-order valence-electron chi connectivity index (χ4n) is 2.64. The number of nitrogens with one attached hydrogen (secondary N) is 1. The summed E-state index contributed by atoms with van der Waals surface area (Å²) in [6.07, 6.45) is 1.01. The molecular formula is C16H17FN2O. The molecule has 1 aromatic heterocycles. The van der Waals surface area contributed by atoms with Gasteiger partial charge in [0.15, 0.2) is 6.10 Å². The van der Waals surface area contributed by atoms with E-state index >= 15 is 0 Å². The van der Waals surface area contributed by atoms with Gasteiger partial charge in [-0.1, -0.05) is 6.07 Å². The average molecular weight is 272 g/mol. The van der Waals surface area contributed by atoms with Gasteiger partial charge in [0.2, 0.25) is 0 Å². The molecule has 0 radical (unpaired) electrons. The minimum Gasteiger partial charge on any atom is -0.480 e. The molecule has 1 N–H and O–H groups in total. The van der Waals surface area contributed by atoms with E-state index < -0.39 is 0 Å². The monoisotopic (exact) mass is 272 g/mol. The fourth-order valence-corrected chi connectivity index (χ4v) is 2.64. The number of pyridine rings is 1. The standard InChI is InChI=1S/C16H17FN2O/c1-9-6-10(2)15-14(7-9)19-11(3)16(20-15)13-5-4-12(17)8-18-13/h4-8,11,16,19H,1-3H3. The third-order valence-corrected chi connectivity index (χ3v) is 3.54. The minimum atomic E-state index is -0.336. The lowest BCUT2D eigenvalue weighted by Gasteiger charge is -2.33. The molecule has 0 fully saturated rings. The molecule has 1 aromatic carbocycles. The van der Waals surface area contributed by atoms with Crippen molar-refractivity contribution < 1.29 is 9.13 Å². The summed E-state index contributed by atoms with van der Waals surface area (Å²) in [7, 11) is 0. The summed E-state index contributed by atoms with van der Waals surface area (Å²) in [6.45, 7) is 6.13. The Balaban J connectivity index is 1.98. The number of fused-ring (bicyclic) bond motifs is 1. The zero-order valence-corrected chi connectivity index (χ0v) is 11.8. The Hall–Kier alpha value is -2.10. The van der Waals surface area contributed by atoms with Gasteiger partial charge in [-0.25, -0.2) is 4.39 Å². The van der Waals surface area contributed by atoms with Crippen LogP contribution in [0.2, 0.25) is 0 Å². The molecule has 3 nitrogen and oxygen atoms in total. The summed E-state index contributed by atoms with van der Waals surface area (Å²) in [6, 6.07) is 7.32. The first-order valence-corrected chi connectivity index (χ1v) is 6.70. The van der Waals surface area contributed by atoms with Gasteiger partial charge in [-0.05, 0) is 50.1 Å². The highest BCUT2D eigenvalue weighted by Crippen LogP contribution is 2.39. The van der Waals surface area contributed by atoms with Crippen molar-refractivity contribution in [3.8, 4) is 5.75 Å². The Morgan fingerprint density at radius 1 is 1.25 bits per heavy atom. The highest BCUT2D eigenvalue weighted by atomic mass is 19.1. The van der Waals surface area contributed by atoms with Crippen molar-refractivity contribution in [3.05, 3.63) is 53.1 Å². The molecule has 0 amide bonds. The molecule has 0 bridgehead atoms. The maximum Gasteiger partial charge on any atom is 0.160 e. The molecule has 0 saturated heterocycles. The number of hydrogen-bond donors (Lipinski definition) is 1. The van der Waals surface area contributed by atoms with Crippen LogP contribution in [0.4, 0.5) is 10.1 Å². The summed E-state index contributed by atoms with van der Waals surface area (Å²) >= 11 is 0. The van der Waals surface area contributed by atoms with E-state index in [2.05, 4.69) is 29.4 Å². The third-order valence-electron chi connectivity index (χ3n) is 3.54. The lowest BCUT2D eigenvalue weighted by Crippen LogP contribution is -2.33. The number of rotatable bonds is 1. The Morgan fingerprint density at radius 3 is 2.75 bits per heavy atom. The zero-order valence-electron chi connectivity index (χ0n) is 11.8. The van der Waals surface area contributed by atoms with Crippen molar-refractivity contribution in [2.24, 2.45) is 0 Å². The quantitative estimate of drug-likeness (QED) is 0.858. The maximum absolute atomic E-state index is 13.0. The van der Waals surface area contributed by atoms with Crippen LogP contribution in [0.25, 0.3) is 0 Å². The van der Waals surface area contributed by atoms with Crippen LogP contribution in [-0.4, -0.2) is 11.0 Å². The smallest absolute Gasteiger partial charge is 0.160 e. The second-order valence-electron chi connectivity index (χ2n) is 5.33. The largest absolute Gasteiger partial charge is 0.480 e. The normalized spacial score (nSPS) is 20.8. The van der Waals surface area contributed by atoms with Crippen LogP contribution in [0.15, 0.2) is 30.5 Å². The van der Waals surface area contributed by atoms with Crippen LogP contribution in [-0.2, 0) is 0 Å². The second kappa shape index (κ2) is 4.78. The number of ether oxygens (including phenoxy) is 1. The molecule has 2 unspecified atom stereocenters. The van der Waals surface area contributed by atoms with E-state index in [4.69, 9.17) is 4.74 Å². The molecule has 20 heavy (non-hydrogen) atoms. The van der Waals surface area contributed by atoms with Gasteiger partial charge in [0.25, 0.3) is 0 Å². The number of anilines is 1. The van der Waals surface area contributed by atoms with Crippen molar-refractivity contribution in [1.82, 2.24) is 4.98 Å². The van der Waals surface area contributed by atoms with Crippen LogP contribution < -0.4 is 10.1 Å². The number of benzene rings is 1. The van der Waals surface area contributed by atoms with Gasteiger partial charge >= 0.3 is 0 Å². The Bertz CT molecular complexity index is 640. The summed E-state index contributed by atoms with van der Waals surface area (Å²) in [5, 5.41) is 3.45. The minimum absolute atomic E-state index is 0.0710. The molecule has 1 aliphatic rings. The predicted molar refractivity (Wildman–Crippen MR) is 76.6 cm³/mol. The van der Waals surface area contributed by atoms with Crippen LogP contribution in [0.5, 0.6) is 5.75 Å². The lowest BCUT2D eigenvalue weighted by atomic mass is 10.0. The molecule has 4 heteroatoms. The molecule has 0 spiro atoms. The summed E-state index contributed by atoms with van der Waals surface area (Å²) in [4.78, 5) is 4.13. The Labute approximate surface area is 117 Å². The van der Waals surface area contributed by atoms with Crippen molar-refractivity contribution in [2.45, 2.75) is 32.9 Å². The van der Waals surface area contributed by atoms with Gasteiger partial charge in [0.05, 0.1) is 23.6 Å². The molecule has 3 rings (SSSR count). The topological polar surface area (TPSA) is 34.2 Å². The highest BCUT2D eigenvalue weighted by Gasteiger charge is 2.29. The SMILES string of the molecule is Cc1cc(C)c2c(c1)NC(C)C(c1ccc(F)cn1)O2. The van der Waals surface area contributed by atoms with Crippen molar-refractivity contribution in [2.75, 3.05) is 5.32 Å². The summed E-state index contributed by atoms with van der Waals surface area (Å²) < 4.78 is 19.1. The average Bonchev–Trinajstić information content (AvgIpc) is 2.39. The summed E-state index contributed by atoms with van der Waals surface area (Å²) in [5.74, 6) is 0.516. The molecule has 2 heterocycles. The zero-order chi connectivity index (χ0) is 14.3. The van der Waals surface area contributed by atoms with Gasteiger partial charge in [-0.2, -0.15) is 0 Å². The van der Waals surface area contributed by atoms with Gasteiger partial charge in [-0.15, -0.1) is 0 Å². The van der Waals surface area contributed by atoms with Gasteiger partial charge < -0.3 is 10.1 Å². The molecule has 1 aliphatic heterocycles. The predicted octanol–water partition coefficient (Wildman–Crippen LogP) is 3.77. The third kappa shape index (κ3) is 2.22. The Morgan fingerprint density at radius 2 is 2.05 bits per heavy atom. The van der Waals surface area contributed by atoms with Crippen LogP contribution in [0.1, 0.15) is 29.8 Å². The molecule has 0 saturated carbocycles. The Kier molecular flexibility index (Phi) is 3.08. The fraction of sp³-hybridized carbons (Fsp3) is 0.312. The maximum atomic E-state index is 13.0. The van der Waals surface area contributed by atoms with Gasteiger partial charge in [0.1, 0.15) is 11.6 Å². The van der Waals surface area contributed by atoms with Crippen LogP contribution in [0.3, 0.4) is 0 Å². The first-order chi connectivity index (χ1) is 9.54. The first kappa shape index (κ1) is 12.9. The van der Waals surface area contributed by atoms with Gasteiger partial charge in [0, 0.05) is 0 Å². The van der Waals surface area contributed by atoms with Crippen molar-refractivity contribution in [1.29, 1.82) is 0 Å². The number of aromatic nitrogens is 1. The van der Waals surface area contributed by atoms with E-state index in [1.54, 1.807) is 6.07 Å². The van der Waals surface area contributed by atoms with Gasteiger partial charge in [-0.3, -0.25) is 4.98 Å². The van der Waals surface area contributed by atoms with E-state index in [1.165, 1.54) is 17.8 Å². The van der Waals surface area contributed by atoms with Crippen molar-refractivity contribution in [3.63, 3.8) is 0 Å². The highest BCUT2D eigenvalue weighted by molar-refractivity contribution is 5.63. The number of nitrogens with zero attached hydrogens (tertiary/aromatic N) is 1. The van der Waals surface area contributed by atoms with E-state index in [0.29, 0.717) is 0 Å². The summed E-state index contributed by atoms with van der Waals surface area (Å²) in [5.41, 5.74) is 4.03. The number of hydrogen-bond acceptors (Lipinski definition) is 3. The number of aryl methyl sites for hydroxylation is 2. The van der Waals surface area contributed by atoms with Crippen molar-refractivity contribution >= 4 is 5.69 Å². The van der Waals surface area contributed by atoms with E-state index in [0.717, 1.165) is 22.7 Å². The molecule has 0 aliphatic carbocycles. The molecule has 104 valence electrons. The molecule has 2 aromatic rings. The second-order valence-corrected chi connectivity index (χ2v) is 5.33. The van der Waals surface area contributed by atoms with E-state index in [9.17, 15) is 4.39 Å². The van der Waals surface area contributed by atoms with E-state index in [1.807, 2.05) is 13.8 Å².